The fourth-order valence-electron chi connectivity index (χ4n) is 4.06. The van der Waals surface area contributed by atoms with Gasteiger partial charge in [-0.2, -0.15) is 5.26 Å². The van der Waals surface area contributed by atoms with Crippen LogP contribution in [0.2, 0.25) is 0 Å². The molecule has 0 spiro atoms. The van der Waals surface area contributed by atoms with Gasteiger partial charge in [-0.1, -0.05) is 0 Å². The van der Waals surface area contributed by atoms with Gasteiger partial charge in [-0.3, -0.25) is 9.59 Å². The number of hydrogen-bond acceptors (Lipinski definition) is 5. The predicted molar refractivity (Wildman–Crippen MR) is 131 cm³/mol. The van der Waals surface area contributed by atoms with E-state index in [2.05, 4.69) is 5.32 Å². The number of piperidine rings is 1. The van der Waals surface area contributed by atoms with E-state index >= 15 is 4.39 Å². The molecule has 1 saturated heterocycles. The maximum absolute atomic E-state index is 15.1. The SMILES string of the molecule is COCCCOc1cc(C(=O)NC(C)C)c(C#N)cc1-c1cc(C(=O)N2CCCCC2)ccc1F. The van der Waals surface area contributed by atoms with Gasteiger partial charge in [0.2, 0.25) is 0 Å². The maximum atomic E-state index is 15.1. The molecule has 0 saturated carbocycles. The molecule has 186 valence electrons. The summed E-state index contributed by atoms with van der Waals surface area (Å²) in [6.07, 6.45) is 3.57. The molecule has 2 aromatic rings. The zero-order valence-corrected chi connectivity index (χ0v) is 20.5. The number of nitriles is 1. The zero-order valence-electron chi connectivity index (χ0n) is 20.5. The number of benzene rings is 2. The fraction of sp³-hybridized carbons (Fsp3) is 0.444. The van der Waals surface area contributed by atoms with Crippen LogP contribution in [0.25, 0.3) is 11.1 Å². The minimum atomic E-state index is -0.551. The summed E-state index contributed by atoms with van der Waals surface area (Å²) in [5.41, 5.74) is 1.06. The van der Waals surface area contributed by atoms with Crippen molar-refractivity contribution in [3.8, 4) is 22.9 Å². The second-order valence-corrected chi connectivity index (χ2v) is 8.88. The third-order valence-corrected chi connectivity index (χ3v) is 5.80. The third kappa shape index (κ3) is 6.58. The van der Waals surface area contributed by atoms with Gasteiger partial charge >= 0.3 is 0 Å². The van der Waals surface area contributed by atoms with Crippen LogP contribution in [0, 0.1) is 17.1 Å². The number of halogens is 1. The second-order valence-electron chi connectivity index (χ2n) is 8.88. The van der Waals surface area contributed by atoms with Crippen LogP contribution in [-0.2, 0) is 4.74 Å². The molecule has 0 radical (unpaired) electrons. The Hall–Kier alpha value is -3.44. The Morgan fingerprint density at radius 3 is 2.51 bits per heavy atom. The lowest BCUT2D eigenvalue weighted by atomic mass is 9.95. The number of rotatable bonds is 9. The number of nitrogens with zero attached hydrogens (tertiary/aromatic N) is 2. The van der Waals surface area contributed by atoms with Crippen molar-refractivity contribution in [2.75, 3.05) is 33.4 Å². The van der Waals surface area contributed by atoms with Crippen LogP contribution in [0.4, 0.5) is 4.39 Å². The molecule has 7 nitrogen and oxygen atoms in total. The molecule has 0 bridgehead atoms. The van der Waals surface area contributed by atoms with Gasteiger partial charge in [0, 0.05) is 56.0 Å². The number of likely N-dealkylation sites (tertiary alicyclic amines) is 1. The predicted octanol–water partition coefficient (Wildman–Crippen LogP) is 4.54. The van der Waals surface area contributed by atoms with Crippen LogP contribution in [0.15, 0.2) is 30.3 Å². The largest absolute Gasteiger partial charge is 0.493 e. The number of methoxy groups -OCH3 is 1. The summed E-state index contributed by atoms with van der Waals surface area (Å²) < 4.78 is 26.1. The summed E-state index contributed by atoms with van der Waals surface area (Å²) >= 11 is 0. The van der Waals surface area contributed by atoms with Crippen molar-refractivity contribution in [1.82, 2.24) is 10.2 Å². The molecule has 1 aliphatic rings. The second kappa shape index (κ2) is 12.3. The molecule has 1 fully saturated rings. The number of carbonyl (C=O) groups excluding carboxylic acids is 2. The van der Waals surface area contributed by atoms with E-state index in [1.165, 1.54) is 30.3 Å². The van der Waals surface area contributed by atoms with Crippen molar-refractivity contribution in [3.63, 3.8) is 0 Å². The topological polar surface area (TPSA) is 91.7 Å². The Labute approximate surface area is 205 Å². The van der Waals surface area contributed by atoms with E-state index in [4.69, 9.17) is 9.47 Å². The summed E-state index contributed by atoms with van der Waals surface area (Å²) in [6.45, 7) is 5.74. The molecule has 2 aromatic carbocycles. The highest BCUT2D eigenvalue weighted by Crippen LogP contribution is 2.36. The Balaban J connectivity index is 2.06. The van der Waals surface area contributed by atoms with Crippen molar-refractivity contribution < 1.29 is 23.5 Å². The highest BCUT2D eigenvalue weighted by Gasteiger charge is 2.23. The normalized spacial score (nSPS) is 13.4. The van der Waals surface area contributed by atoms with E-state index in [0.29, 0.717) is 37.2 Å². The monoisotopic (exact) mass is 481 g/mol. The lowest BCUT2D eigenvalue weighted by Crippen LogP contribution is -2.35. The quantitative estimate of drug-likeness (QED) is 0.531. The summed E-state index contributed by atoms with van der Waals surface area (Å²) in [7, 11) is 1.59. The third-order valence-electron chi connectivity index (χ3n) is 5.80. The van der Waals surface area contributed by atoms with E-state index in [1.54, 1.807) is 12.0 Å². The summed E-state index contributed by atoms with van der Waals surface area (Å²) in [5, 5.41) is 12.5. The molecule has 0 unspecified atom stereocenters. The molecule has 0 aliphatic carbocycles. The highest BCUT2D eigenvalue weighted by atomic mass is 19.1. The molecule has 1 heterocycles. The van der Waals surface area contributed by atoms with Crippen molar-refractivity contribution >= 4 is 11.8 Å². The molecule has 2 amide bonds. The van der Waals surface area contributed by atoms with Crippen LogP contribution < -0.4 is 10.1 Å². The average molecular weight is 482 g/mol. The molecule has 0 atom stereocenters. The van der Waals surface area contributed by atoms with Gasteiger partial charge < -0.3 is 19.7 Å². The van der Waals surface area contributed by atoms with Gasteiger partial charge in [0.15, 0.2) is 0 Å². The van der Waals surface area contributed by atoms with Crippen LogP contribution in [0.3, 0.4) is 0 Å². The molecule has 35 heavy (non-hydrogen) atoms. The van der Waals surface area contributed by atoms with Gasteiger partial charge in [0.25, 0.3) is 11.8 Å². The van der Waals surface area contributed by atoms with Gasteiger partial charge in [-0.15, -0.1) is 0 Å². The lowest BCUT2D eigenvalue weighted by Gasteiger charge is -2.27. The fourth-order valence-corrected chi connectivity index (χ4v) is 4.06. The highest BCUT2D eigenvalue weighted by molar-refractivity contribution is 5.99. The number of carbonyl (C=O) groups is 2. The Kier molecular flexibility index (Phi) is 9.21. The summed E-state index contributed by atoms with van der Waals surface area (Å²) in [6, 6.07) is 9.06. The van der Waals surface area contributed by atoms with E-state index in [-0.39, 0.29) is 41.0 Å². The van der Waals surface area contributed by atoms with E-state index in [0.717, 1.165) is 19.3 Å². The van der Waals surface area contributed by atoms with Gasteiger partial charge in [-0.25, -0.2) is 4.39 Å². The van der Waals surface area contributed by atoms with Crippen molar-refractivity contribution in [2.24, 2.45) is 0 Å². The Bertz CT molecular complexity index is 1100. The van der Waals surface area contributed by atoms with E-state index in [9.17, 15) is 14.9 Å². The molecule has 1 aliphatic heterocycles. The number of ether oxygens (including phenoxy) is 2. The van der Waals surface area contributed by atoms with Gasteiger partial charge in [0.05, 0.1) is 23.8 Å². The van der Waals surface area contributed by atoms with Crippen LogP contribution in [0.5, 0.6) is 5.75 Å². The van der Waals surface area contributed by atoms with Crippen molar-refractivity contribution in [2.45, 2.75) is 45.6 Å². The van der Waals surface area contributed by atoms with E-state index in [1.807, 2.05) is 19.9 Å². The first-order chi connectivity index (χ1) is 16.8. The van der Waals surface area contributed by atoms with Crippen LogP contribution in [0.1, 0.15) is 65.8 Å². The smallest absolute Gasteiger partial charge is 0.253 e. The van der Waals surface area contributed by atoms with Crippen LogP contribution in [-0.4, -0.2) is 56.2 Å². The average Bonchev–Trinajstić information content (AvgIpc) is 2.86. The zero-order chi connectivity index (χ0) is 25.4. The molecule has 1 N–H and O–H groups in total. The number of amides is 2. The molecular formula is C27H32FN3O4. The summed E-state index contributed by atoms with van der Waals surface area (Å²) in [4.78, 5) is 27.6. The minimum Gasteiger partial charge on any atom is -0.493 e. The van der Waals surface area contributed by atoms with Crippen LogP contribution >= 0.6 is 0 Å². The van der Waals surface area contributed by atoms with E-state index < -0.39 is 11.7 Å². The standard InChI is InChI=1S/C27H32FN3O4/c1-18(2)30-26(32)21-16-25(35-13-7-12-34-3)23(15-20(21)17-29)22-14-19(8-9-24(22)28)27(33)31-10-5-4-6-11-31/h8-9,14-16,18H,4-7,10-13H2,1-3H3,(H,30,32). The first-order valence-electron chi connectivity index (χ1n) is 12.0. The first-order valence-corrected chi connectivity index (χ1v) is 12.0. The molecule has 0 aromatic heterocycles. The Morgan fingerprint density at radius 1 is 1.11 bits per heavy atom. The van der Waals surface area contributed by atoms with Gasteiger partial charge in [-0.05, 0) is 63.4 Å². The lowest BCUT2D eigenvalue weighted by molar-refractivity contribution is 0.0724. The van der Waals surface area contributed by atoms with Crippen molar-refractivity contribution in [1.29, 1.82) is 5.26 Å². The number of nitrogens with one attached hydrogen (secondary N) is 1. The van der Waals surface area contributed by atoms with Gasteiger partial charge in [0.1, 0.15) is 11.6 Å². The minimum absolute atomic E-state index is 0.0922. The Morgan fingerprint density at radius 2 is 1.86 bits per heavy atom. The molecular weight excluding hydrogens is 449 g/mol. The molecule has 8 heteroatoms. The molecule has 3 rings (SSSR count). The number of hydrogen-bond donors (Lipinski definition) is 1. The maximum Gasteiger partial charge on any atom is 0.253 e. The summed E-state index contributed by atoms with van der Waals surface area (Å²) in [5.74, 6) is -0.859. The first kappa shape index (κ1) is 26.2. The van der Waals surface area contributed by atoms with Crippen molar-refractivity contribution in [3.05, 3.63) is 52.8 Å².